The fourth-order valence-electron chi connectivity index (χ4n) is 3.64. The van der Waals surface area contributed by atoms with Crippen LogP contribution >= 0.6 is 0 Å². The summed E-state index contributed by atoms with van der Waals surface area (Å²) < 4.78 is 10.2. The molecule has 0 spiro atoms. The number of ether oxygens (including phenoxy) is 2. The predicted octanol–water partition coefficient (Wildman–Crippen LogP) is 2.15. The Balaban J connectivity index is 1.31. The molecule has 0 aromatic heterocycles. The van der Waals surface area contributed by atoms with Crippen LogP contribution in [0.25, 0.3) is 0 Å². The van der Waals surface area contributed by atoms with Crippen LogP contribution < -0.4 is 0 Å². The van der Waals surface area contributed by atoms with Gasteiger partial charge in [0.2, 0.25) is 0 Å². The van der Waals surface area contributed by atoms with E-state index in [1.54, 1.807) is 24.3 Å². The number of benzene rings is 2. The third-order valence-electron chi connectivity index (χ3n) is 5.34. The molecule has 0 saturated carbocycles. The van der Waals surface area contributed by atoms with E-state index in [0.29, 0.717) is 0 Å². The summed E-state index contributed by atoms with van der Waals surface area (Å²) in [6.45, 7) is -0.619. The summed E-state index contributed by atoms with van der Waals surface area (Å²) in [5, 5.41) is 0. The van der Waals surface area contributed by atoms with Crippen LogP contribution in [0.3, 0.4) is 0 Å². The number of cyclic esters (lactones) is 1. The maximum Gasteiger partial charge on any atom is 0.413 e. The Morgan fingerprint density at radius 3 is 2.22 bits per heavy atom. The third kappa shape index (κ3) is 4.22. The Morgan fingerprint density at radius 2 is 1.56 bits per heavy atom. The van der Waals surface area contributed by atoms with Gasteiger partial charge < -0.3 is 9.47 Å². The van der Waals surface area contributed by atoms with Gasteiger partial charge >= 0.3 is 12.1 Å². The fourth-order valence-corrected chi connectivity index (χ4v) is 3.64. The molecule has 1 saturated heterocycles. The van der Waals surface area contributed by atoms with Gasteiger partial charge in [0, 0.05) is 6.42 Å². The molecule has 164 valence electrons. The second kappa shape index (κ2) is 9.01. The van der Waals surface area contributed by atoms with Crippen molar-refractivity contribution < 1.29 is 33.4 Å². The number of nitrogens with zero attached hydrogens (tertiary/aromatic N) is 2. The van der Waals surface area contributed by atoms with Crippen LogP contribution in [0.15, 0.2) is 54.6 Å². The number of ketones is 1. The number of imide groups is 1. The highest BCUT2D eigenvalue weighted by Crippen LogP contribution is 2.23. The molecule has 0 unspecified atom stereocenters. The topological polar surface area (TPSA) is 110 Å². The molecule has 4 rings (SSSR count). The molecule has 2 aromatic carbocycles. The maximum atomic E-state index is 12.5. The van der Waals surface area contributed by atoms with Crippen LogP contribution in [0.4, 0.5) is 4.79 Å². The summed E-state index contributed by atoms with van der Waals surface area (Å²) in [6.07, 6.45) is -0.839. The summed E-state index contributed by atoms with van der Waals surface area (Å²) >= 11 is 0. The number of carbonyl (C=O) groups excluding carboxylic acids is 5. The van der Waals surface area contributed by atoms with E-state index in [0.717, 1.165) is 15.4 Å². The molecule has 3 amide bonds. The van der Waals surface area contributed by atoms with E-state index in [-0.39, 0.29) is 37.3 Å². The van der Waals surface area contributed by atoms with Crippen molar-refractivity contribution in [2.45, 2.75) is 25.5 Å². The Bertz CT molecular complexity index is 1050. The molecular weight excluding hydrogens is 416 g/mol. The van der Waals surface area contributed by atoms with Crippen LogP contribution in [-0.4, -0.2) is 58.8 Å². The molecule has 0 radical (unpaired) electrons. The first-order valence-corrected chi connectivity index (χ1v) is 10.1. The Labute approximate surface area is 183 Å². The van der Waals surface area contributed by atoms with Gasteiger partial charge in [-0.25, -0.2) is 9.59 Å². The van der Waals surface area contributed by atoms with Crippen molar-refractivity contribution >= 4 is 29.7 Å². The molecule has 9 heteroatoms. The van der Waals surface area contributed by atoms with Gasteiger partial charge in [0.05, 0.1) is 17.7 Å². The lowest BCUT2D eigenvalue weighted by atomic mass is 10.1. The quantitative estimate of drug-likeness (QED) is 0.483. The van der Waals surface area contributed by atoms with Crippen molar-refractivity contribution in [1.82, 2.24) is 9.80 Å². The number of hydrogen-bond donors (Lipinski definition) is 0. The zero-order valence-electron chi connectivity index (χ0n) is 17.1. The lowest BCUT2D eigenvalue weighted by Gasteiger charge is -2.20. The number of esters is 1. The maximum absolute atomic E-state index is 12.5. The minimum atomic E-state index is -0.968. The summed E-state index contributed by atoms with van der Waals surface area (Å²) in [4.78, 5) is 63.7. The van der Waals surface area contributed by atoms with Gasteiger partial charge in [-0.1, -0.05) is 42.5 Å². The Hall–Kier alpha value is -4.01. The number of amides is 3. The number of Topliss-reactive ketones (excluding diaryl/α,β-unsaturated/α-hetero) is 1. The molecule has 2 aromatic rings. The van der Waals surface area contributed by atoms with Crippen LogP contribution in [-0.2, 0) is 25.7 Å². The molecule has 0 bridgehead atoms. The highest BCUT2D eigenvalue weighted by molar-refractivity contribution is 6.22. The van der Waals surface area contributed by atoms with Crippen molar-refractivity contribution in [2.75, 3.05) is 13.3 Å². The predicted molar refractivity (Wildman–Crippen MR) is 109 cm³/mol. The number of rotatable bonds is 7. The molecule has 2 aliphatic heterocycles. The first-order chi connectivity index (χ1) is 15.5. The Kier molecular flexibility index (Phi) is 5.98. The first-order valence-electron chi connectivity index (χ1n) is 10.1. The molecule has 1 fully saturated rings. The molecular formula is C23H20N2O7. The van der Waals surface area contributed by atoms with E-state index in [9.17, 15) is 24.0 Å². The van der Waals surface area contributed by atoms with E-state index in [1.807, 2.05) is 18.2 Å². The van der Waals surface area contributed by atoms with E-state index < -0.39 is 42.2 Å². The summed E-state index contributed by atoms with van der Waals surface area (Å²) in [5.41, 5.74) is 1.31. The molecule has 1 atom stereocenters. The van der Waals surface area contributed by atoms with Crippen LogP contribution in [0.1, 0.15) is 39.1 Å². The van der Waals surface area contributed by atoms with Crippen molar-refractivity contribution in [1.29, 1.82) is 0 Å². The monoisotopic (exact) mass is 436 g/mol. The van der Waals surface area contributed by atoms with Crippen LogP contribution in [0, 0.1) is 0 Å². The van der Waals surface area contributed by atoms with Crippen LogP contribution in [0.2, 0.25) is 0 Å². The molecule has 9 nitrogen and oxygen atoms in total. The minimum Gasteiger partial charge on any atom is -0.444 e. The molecule has 0 N–H and O–H groups in total. The zero-order chi connectivity index (χ0) is 22.7. The van der Waals surface area contributed by atoms with E-state index in [1.165, 1.54) is 12.1 Å². The van der Waals surface area contributed by atoms with Gasteiger partial charge in [-0.15, -0.1) is 0 Å². The van der Waals surface area contributed by atoms with Gasteiger partial charge in [-0.05, 0) is 24.1 Å². The summed E-state index contributed by atoms with van der Waals surface area (Å²) in [7, 11) is 0. The third-order valence-corrected chi connectivity index (χ3v) is 5.34. The van der Waals surface area contributed by atoms with Crippen molar-refractivity contribution in [2.24, 2.45) is 0 Å². The first kappa shape index (κ1) is 21.2. The fraction of sp³-hybridized carbons (Fsp3) is 0.261. The lowest BCUT2D eigenvalue weighted by molar-refractivity contribution is -0.139. The molecule has 0 aliphatic carbocycles. The molecule has 2 aliphatic rings. The average Bonchev–Trinajstić information content (AvgIpc) is 3.29. The summed E-state index contributed by atoms with van der Waals surface area (Å²) in [5.74, 6) is -2.08. The molecule has 32 heavy (non-hydrogen) atoms. The van der Waals surface area contributed by atoms with Gasteiger partial charge in [-0.2, -0.15) is 0 Å². The Morgan fingerprint density at radius 1 is 0.938 bits per heavy atom. The van der Waals surface area contributed by atoms with Crippen molar-refractivity contribution in [3.8, 4) is 0 Å². The highest BCUT2D eigenvalue weighted by Gasteiger charge is 2.40. The second-order valence-electron chi connectivity index (χ2n) is 7.44. The largest absolute Gasteiger partial charge is 0.444 e. The van der Waals surface area contributed by atoms with Gasteiger partial charge in [-0.3, -0.25) is 24.2 Å². The van der Waals surface area contributed by atoms with Crippen molar-refractivity contribution in [3.05, 3.63) is 71.3 Å². The summed E-state index contributed by atoms with van der Waals surface area (Å²) in [6, 6.07) is 14.5. The minimum absolute atomic E-state index is 0.00126. The average molecular weight is 436 g/mol. The van der Waals surface area contributed by atoms with Gasteiger partial charge in [0.25, 0.3) is 11.8 Å². The van der Waals surface area contributed by atoms with Crippen LogP contribution in [0.5, 0.6) is 0 Å². The zero-order valence-corrected chi connectivity index (χ0v) is 17.1. The van der Waals surface area contributed by atoms with Crippen molar-refractivity contribution in [3.63, 3.8) is 0 Å². The smallest absolute Gasteiger partial charge is 0.413 e. The highest BCUT2D eigenvalue weighted by atomic mass is 16.6. The molecule has 2 heterocycles. The SMILES string of the molecule is O=C(CC[C@H]1C(=O)OCN1C(=O)OCc1ccccc1)CN1C(=O)c2ccccc2C1=O. The standard InChI is InChI=1S/C23H20N2O7/c26-16(12-24-20(27)17-8-4-5-9-18(17)21(24)28)10-11-19-22(29)32-14-25(19)23(30)31-13-15-6-2-1-3-7-15/h1-9,19H,10-14H2/t19-/m0/s1. The number of hydrogen-bond acceptors (Lipinski definition) is 7. The normalized spacial score (nSPS) is 17.4. The van der Waals surface area contributed by atoms with E-state index in [4.69, 9.17) is 9.47 Å². The van der Waals surface area contributed by atoms with E-state index >= 15 is 0 Å². The number of carbonyl (C=O) groups is 5. The van der Waals surface area contributed by atoms with E-state index in [2.05, 4.69) is 0 Å². The number of fused-ring (bicyclic) bond motifs is 1. The second-order valence-corrected chi connectivity index (χ2v) is 7.44. The lowest BCUT2D eigenvalue weighted by Crippen LogP contribution is -2.39. The van der Waals surface area contributed by atoms with Gasteiger partial charge in [0.15, 0.2) is 12.5 Å². The van der Waals surface area contributed by atoms with Gasteiger partial charge in [0.1, 0.15) is 12.6 Å².